The van der Waals surface area contributed by atoms with Crippen molar-refractivity contribution in [2.24, 2.45) is 5.73 Å². The molecule has 0 unspecified atom stereocenters. The van der Waals surface area contributed by atoms with Gasteiger partial charge in [0.15, 0.2) is 0 Å². The maximum absolute atomic E-state index is 12.1. The van der Waals surface area contributed by atoms with Crippen molar-refractivity contribution in [3.8, 4) is 0 Å². The Morgan fingerprint density at radius 3 is 2.35 bits per heavy atom. The third-order valence-electron chi connectivity index (χ3n) is 3.36. The van der Waals surface area contributed by atoms with E-state index < -0.39 is 10.0 Å². The highest BCUT2D eigenvalue weighted by Crippen LogP contribution is 2.24. The van der Waals surface area contributed by atoms with Crippen LogP contribution in [0.15, 0.2) is 0 Å². The molecule has 6 heteroatoms. The molecule has 17 heavy (non-hydrogen) atoms. The molecule has 1 fully saturated rings. The molecule has 0 aromatic heterocycles. The quantitative estimate of drug-likeness (QED) is 0.760. The lowest BCUT2D eigenvalue weighted by Gasteiger charge is -2.34. The van der Waals surface area contributed by atoms with Gasteiger partial charge in [-0.15, -0.1) is 0 Å². The van der Waals surface area contributed by atoms with Gasteiger partial charge in [-0.05, 0) is 25.7 Å². The van der Waals surface area contributed by atoms with E-state index in [0.717, 1.165) is 25.7 Å². The fourth-order valence-corrected chi connectivity index (χ4v) is 4.05. The fraction of sp³-hybridized carbons (Fsp3) is 1.00. The van der Waals surface area contributed by atoms with Crippen molar-refractivity contribution in [1.82, 2.24) is 4.31 Å². The summed E-state index contributed by atoms with van der Waals surface area (Å²) in [6.45, 7) is 2.68. The summed E-state index contributed by atoms with van der Waals surface area (Å²) in [5, 5.41) is 0. The third kappa shape index (κ3) is 4.21. The van der Waals surface area contributed by atoms with Gasteiger partial charge in [0.25, 0.3) is 0 Å². The molecule has 1 aliphatic carbocycles. The topological polar surface area (TPSA) is 72.6 Å². The predicted molar refractivity (Wildman–Crippen MR) is 68.3 cm³/mol. The summed E-state index contributed by atoms with van der Waals surface area (Å²) >= 11 is 0. The smallest absolute Gasteiger partial charge is 0.216 e. The summed E-state index contributed by atoms with van der Waals surface area (Å²) in [4.78, 5) is 0. The number of nitrogens with zero attached hydrogens (tertiary/aromatic N) is 1. The van der Waals surface area contributed by atoms with Gasteiger partial charge < -0.3 is 10.5 Å². The number of nitrogens with two attached hydrogens (primary N) is 1. The van der Waals surface area contributed by atoms with E-state index in [9.17, 15) is 8.42 Å². The van der Waals surface area contributed by atoms with Gasteiger partial charge in [-0.25, -0.2) is 8.42 Å². The van der Waals surface area contributed by atoms with Crippen molar-refractivity contribution in [2.45, 2.75) is 44.7 Å². The summed E-state index contributed by atoms with van der Waals surface area (Å²) < 4.78 is 30.7. The minimum atomic E-state index is -3.18. The Bertz CT molecular complexity index is 311. The average Bonchev–Trinajstić information content (AvgIpc) is 2.30. The molecule has 0 aromatic rings. The van der Waals surface area contributed by atoms with E-state index in [1.54, 1.807) is 4.31 Å². The molecule has 0 radical (unpaired) electrons. The lowest BCUT2D eigenvalue weighted by molar-refractivity contribution is 0.210. The fourth-order valence-electron chi connectivity index (χ4n) is 2.38. The van der Waals surface area contributed by atoms with E-state index in [1.165, 1.54) is 7.11 Å². The van der Waals surface area contributed by atoms with Gasteiger partial charge in [-0.1, -0.05) is 6.92 Å². The van der Waals surface area contributed by atoms with E-state index in [1.807, 2.05) is 6.92 Å². The van der Waals surface area contributed by atoms with E-state index in [2.05, 4.69) is 0 Å². The first-order valence-corrected chi connectivity index (χ1v) is 7.86. The van der Waals surface area contributed by atoms with Crippen LogP contribution in [0.2, 0.25) is 0 Å². The molecular weight excluding hydrogens is 240 g/mol. The van der Waals surface area contributed by atoms with E-state index in [0.29, 0.717) is 6.54 Å². The maximum atomic E-state index is 12.1. The lowest BCUT2D eigenvalue weighted by Crippen LogP contribution is -2.45. The second kappa shape index (κ2) is 6.68. The zero-order chi connectivity index (χ0) is 12.9. The minimum absolute atomic E-state index is 0.0693. The number of hydrogen-bond acceptors (Lipinski definition) is 4. The van der Waals surface area contributed by atoms with Crippen LogP contribution in [0.25, 0.3) is 0 Å². The molecule has 1 rings (SSSR count). The summed E-state index contributed by atoms with van der Waals surface area (Å²) in [6, 6.07) is 0.369. The zero-order valence-corrected chi connectivity index (χ0v) is 11.6. The van der Waals surface area contributed by atoms with Gasteiger partial charge in [0.05, 0.1) is 12.4 Å². The van der Waals surface area contributed by atoms with Gasteiger partial charge in [0, 0.05) is 25.7 Å². The Morgan fingerprint density at radius 2 is 1.88 bits per heavy atom. The first-order valence-electron chi connectivity index (χ1n) is 6.25. The van der Waals surface area contributed by atoms with Gasteiger partial charge in [0.2, 0.25) is 10.0 Å². The van der Waals surface area contributed by atoms with Crippen LogP contribution in [-0.2, 0) is 14.8 Å². The highest BCUT2D eigenvalue weighted by atomic mass is 32.2. The number of methoxy groups -OCH3 is 1. The first kappa shape index (κ1) is 14.9. The Kier molecular flexibility index (Phi) is 5.85. The second-order valence-electron chi connectivity index (χ2n) is 4.58. The van der Waals surface area contributed by atoms with Crippen LogP contribution < -0.4 is 5.73 Å². The molecule has 0 atom stereocenters. The highest BCUT2D eigenvalue weighted by molar-refractivity contribution is 7.89. The summed E-state index contributed by atoms with van der Waals surface area (Å²) in [6.07, 6.45) is 3.59. The molecule has 0 bridgehead atoms. The van der Waals surface area contributed by atoms with Crippen molar-refractivity contribution < 1.29 is 13.2 Å². The highest BCUT2D eigenvalue weighted by Gasteiger charge is 2.30. The van der Waals surface area contributed by atoms with Crippen molar-refractivity contribution in [3.63, 3.8) is 0 Å². The Labute approximate surface area is 104 Å². The van der Waals surface area contributed by atoms with Crippen LogP contribution in [0, 0.1) is 0 Å². The summed E-state index contributed by atoms with van der Waals surface area (Å²) in [7, 11) is -1.66. The van der Waals surface area contributed by atoms with Crippen LogP contribution in [-0.4, -0.2) is 50.8 Å². The molecule has 0 saturated heterocycles. The molecule has 5 nitrogen and oxygen atoms in total. The van der Waals surface area contributed by atoms with E-state index >= 15 is 0 Å². The Morgan fingerprint density at radius 1 is 1.29 bits per heavy atom. The Balaban J connectivity index is 2.63. The largest absolute Gasteiger partial charge is 0.384 e. The lowest BCUT2D eigenvalue weighted by atomic mass is 9.92. The van der Waals surface area contributed by atoms with Crippen LogP contribution in [0.4, 0.5) is 0 Å². The molecule has 1 saturated carbocycles. The first-order chi connectivity index (χ1) is 8.01. The van der Waals surface area contributed by atoms with Gasteiger partial charge in [-0.2, -0.15) is 4.31 Å². The molecule has 102 valence electrons. The van der Waals surface area contributed by atoms with Gasteiger partial charge in [-0.3, -0.25) is 0 Å². The number of sulfonamides is 1. The monoisotopic (exact) mass is 264 g/mol. The van der Waals surface area contributed by atoms with Crippen molar-refractivity contribution in [1.29, 1.82) is 0 Å². The summed E-state index contributed by atoms with van der Waals surface area (Å²) in [5.74, 6) is 0.0693. The van der Waals surface area contributed by atoms with Crippen molar-refractivity contribution >= 4 is 10.0 Å². The van der Waals surface area contributed by atoms with Crippen LogP contribution >= 0.6 is 0 Å². The van der Waals surface area contributed by atoms with Gasteiger partial charge >= 0.3 is 0 Å². The van der Waals surface area contributed by atoms with Crippen molar-refractivity contribution in [2.75, 3.05) is 26.0 Å². The van der Waals surface area contributed by atoms with Crippen molar-refractivity contribution in [3.05, 3.63) is 0 Å². The maximum Gasteiger partial charge on any atom is 0.216 e. The van der Waals surface area contributed by atoms with Crippen LogP contribution in [0.5, 0.6) is 0 Å². The molecule has 0 aromatic carbocycles. The number of rotatable bonds is 6. The van der Waals surface area contributed by atoms with E-state index in [4.69, 9.17) is 10.5 Å². The van der Waals surface area contributed by atoms with E-state index in [-0.39, 0.29) is 24.4 Å². The molecule has 0 amide bonds. The molecule has 0 spiro atoms. The molecule has 0 heterocycles. The van der Waals surface area contributed by atoms with Crippen LogP contribution in [0.1, 0.15) is 32.6 Å². The standard InChI is InChI=1S/C11H24N2O3S/c1-3-13(17(14,15)9-8-16-2)11-6-4-10(12)5-7-11/h10-11H,3-9,12H2,1-2H3. The number of hydrogen-bond donors (Lipinski definition) is 1. The molecular formula is C11H24N2O3S. The second-order valence-corrected chi connectivity index (χ2v) is 6.62. The normalized spacial score (nSPS) is 26.4. The van der Waals surface area contributed by atoms with Crippen LogP contribution in [0.3, 0.4) is 0 Å². The Hall–Kier alpha value is -0.170. The molecule has 0 aliphatic heterocycles. The zero-order valence-electron chi connectivity index (χ0n) is 10.8. The predicted octanol–water partition coefficient (Wildman–Crippen LogP) is 0.554. The van der Waals surface area contributed by atoms with Gasteiger partial charge in [0.1, 0.15) is 0 Å². The summed E-state index contributed by atoms with van der Waals surface area (Å²) in [5.41, 5.74) is 5.84. The SMILES string of the molecule is CCN(C1CCC(N)CC1)S(=O)(=O)CCOC. The minimum Gasteiger partial charge on any atom is -0.384 e. The third-order valence-corrected chi connectivity index (χ3v) is 5.32. The molecule has 2 N–H and O–H groups in total. The average molecular weight is 264 g/mol. The molecule has 1 aliphatic rings. The number of ether oxygens (including phenoxy) is 1.